The summed E-state index contributed by atoms with van der Waals surface area (Å²) >= 11 is 0. The van der Waals surface area contributed by atoms with Crippen LogP contribution in [0.3, 0.4) is 0 Å². The van der Waals surface area contributed by atoms with Crippen LogP contribution in [0, 0.1) is 0 Å². The first-order valence-corrected chi connectivity index (χ1v) is 7.84. The number of carbonyl (C=O) groups is 4. The molecule has 0 atom stereocenters. The molecule has 3 amide bonds. The van der Waals surface area contributed by atoms with Crippen LogP contribution in [0.2, 0.25) is 0 Å². The summed E-state index contributed by atoms with van der Waals surface area (Å²) in [5.74, 6) is -1.31. The molecule has 6 heteroatoms. The average molecular weight is 336 g/mol. The van der Waals surface area contributed by atoms with Gasteiger partial charge in [-0.15, -0.1) is 0 Å². The molecule has 3 rings (SSSR count). The van der Waals surface area contributed by atoms with E-state index in [0.717, 1.165) is 4.90 Å². The number of hydrogen-bond donors (Lipinski definition) is 1. The average Bonchev–Trinajstić information content (AvgIpc) is 2.85. The number of Topliss-reactive ketones (excluding diaryl/α,β-unsaturated/α-hetero) is 1. The number of fused-ring (bicyclic) bond motifs is 1. The van der Waals surface area contributed by atoms with E-state index in [4.69, 9.17) is 0 Å². The molecule has 6 nitrogen and oxygen atoms in total. The number of anilines is 1. The Morgan fingerprint density at radius 2 is 1.48 bits per heavy atom. The highest BCUT2D eigenvalue weighted by Crippen LogP contribution is 2.22. The first-order chi connectivity index (χ1) is 12.0. The van der Waals surface area contributed by atoms with Crippen molar-refractivity contribution < 1.29 is 19.2 Å². The van der Waals surface area contributed by atoms with Crippen LogP contribution in [0.1, 0.15) is 44.4 Å². The lowest BCUT2D eigenvalue weighted by Gasteiger charge is -2.14. The van der Waals surface area contributed by atoms with Crippen LogP contribution in [0.15, 0.2) is 48.5 Å². The number of nitrogens with one attached hydrogen (secondary N) is 1. The van der Waals surface area contributed by atoms with Gasteiger partial charge in [-0.2, -0.15) is 0 Å². The van der Waals surface area contributed by atoms with Crippen molar-refractivity contribution >= 4 is 29.2 Å². The highest BCUT2D eigenvalue weighted by molar-refractivity contribution is 6.21. The van der Waals surface area contributed by atoms with Crippen molar-refractivity contribution in [3.63, 3.8) is 0 Å². The molecule has 0 radical (unpaired) electrons. The molecule has 25 heavy (non-hydrogen) atoms. The molecule has 0 fully saturated rings. The van der Waals surface area contributed by atoms with Crippen LogP contribution in [0.4, 0.5) is 5.69 Å². The van der Waals surface area contributed by atoms with E-state index in [9.17, 15) is 19.2 Å². The Bertz CT molecular complexity index is 853. The normalized spacial score (nSPS) is 12.9. The van der Waals surface area contributed by atoms with Crippen molar-refractivity contribution in [2.24, 2.45) is 0 Å². The van der Waals surface area contributed by atoms with E-state index >= 15 is 0 Å². The molecular weight excluding hydrogens is 320 g/mol. The van der Waals surface area contributed by atoms with Crippen molar-refractivity contribution in [3.05, 3.63) is 65.2 Å². The summed E-state index contributed by atoms with van der Waals surface area (Å²) in [7, 11) is 0. The van der Waals surface area contributed by atoms with Crippen LogP contribution in [0.5, 0.6) is 0 Å². The van der Waals surface area contributed by atoms with Gasteiger partial charge in [0.2, 0.25) is 5.91 Å². The zero-order valence-electron chi connectivity index (χ0n) is 13.6. The quantitative estimate of drug-likeness (QED) is 0.672. The fourth-order valence-electron chi connectivity index (χ4n) is 2.77. The van der Waals surface area contributed by atoms with Crippen molar-refractivity contribution in [2.45, 2.75) is 13.3 Å². The molecule has 0 unspecified atom stereocenters. The van der Waals surface area contributed by atoms with E-state index in [-0.39, 0.29) is 24.7 Å². The number of hydrogen-bond acceptors (Lipinski definition) is 4. The standard InChI is InChI=1S/C19H16N2O4/c1-12(22)13-6-4-5-9-16(13)20-17(23)10-11-21-18(24)14-7-2-3-8-15(14)19(21)25/h2-9H,10-11H2,1H3,(H,20,23). The molecule has 0 aliphatic carbocycles. The maximum Gasteiger partial charge on any atom is 0.261 e. The number of imide groups is 1. The Morgan fingerprint density at radius 3 is 2.08 bits per heavy atom. The third-order valence-electron chi connectivity index (χ3n) is 4.02. The maximum absolute atomic E-state index is 12.3. The van der Waals surface area contributed by atoms with Gasteiger partial charge in [-0.25, -0.2) is 0 Å². The summed E-state index contributed by atoms with van der Waals surface area (Å²) in [6, 6.07) is 13.3. The Hall–Kier alpha value is -3.28. The van der Waals surface area contributed by atoms with Crippen LogP contribution in [0.25, 0.3) is 0 Å². The van der Waals surface area contributed by atoms with Gasteiger partial charge in [0.1, 0.15) is 0 Å². The lowest BCUT2D eigenvalue weighted by Crippen LogP contribution is -2.33. The largest absolute Gasteiger partial charge is 0.325 e. The SMILES string of the molecule is CC(=O)c1ccccc1NC(=O)CCN1C(=O)c2ccccc2C1=O. The van der Waals surface area contributed by atoms with Crippen LogP contribution in [-0.2, 0) is 4.79 Å². The van der Waals surface area contributed by atoms with Crippen molar-refractivity contribution in [2.75, 3.05) is 11.9 Å². The summed E-state index contributed by atoms with van der Waals surface area (Å²) in [6.07, 6.45) is -0.0439. The molecule has 0 bridgehead atoms. The molecule has 1 N–H and O–H groups in total. The third-order valence-corrected chi connectivity index (χ3v) is 4.02. The Balaban J connectivity index is 1.65. The van der Waals surface area contributed by atoms with E-state index in [2.05, 4.69) is 5.32 Å². The second kappa shape index (κ2) is 6.68. The Labute approximate surface area is 144 Å². The third kappa shape index (κ3) is 3.19. The minimum atomic E-state index is -0.391. The summed E-state index contributed by atoms with van der Waals surface area (Å²) in [5, 5.41) is 2.66. The number of carbonyl (C=O) groups excluding carboxylic acids is 4. The van der Waals surface area contributed by atoms with Crippen LogP contribution < -0.4 is 5.32 Å². The minimum Gasteiger partial charge on any atom is -0.325 e. The number of para-hydroxylation sites is 1. The predicted molar refractivity (Wildman–Crippen MR) is 91.5 cm³/mol. The summed E-state index contributed by atoms with van der Waals surface area (Å²) in [5.41, 5.74) is 1.55. The zero-order valence-corrected chi connectivity index (χ0v) is 13.6. The number of amides is 3. The molecule has 0 saturated heterocycles. The van der Waals surface area contributed by atoms with Crippen LogP contribution >= 0.6 is 0 Å². The van der Waals surface area contributed by atoms with E-state index in [1.54, 1.807) is 48.5 Å². The Morgan fingerprint density at radius 1 is 0.920 bits per heavy atom. The fraction of sp³-hybridized carbons (Fsp3) is 0.158. The van der Waals surface area contributed by atoms with Crippen molar-refractivity contribution in [1.29, 1.82) is 0 Å². The van der Waals surface area contributed by atoms with Gasteiger partial charge >= 0.3 is 0 Å². The van der Waals surface area contributed by atoms with Gasteiger partial charge in [0.05, 0.1) is 16.8 Å². The van der Waals surface area contributed by atoms with E-state index in [0.29, 0.717) is 22.4 Å². The minimum absolute atomic E-state index is 0.0135. The molecule has 1 aliphatic rings. The molecular formula is C19H16N2O4. The lowest BCUT2D eigenvalue weighted by molar-refractivity contribution is -0.116. The lowest BCUT2D eigenvalue weighted by atomic mass is 10.1. The molecule has 0 spiro atoms. The smallest absolute Gasteiger partial charge is 0.261 e. The topological polar surface area (TPSA) is 83.6 Å². The van der Waals surface area contributed by atoms with E-state index in [1.807, 2.05) is 0 Å². The van der Waals surface area contributed by atoms with Crippen LogP contribution in [-0.4, -0.2) is 34.9 Å². The molecule has 1 heterocycles. The van der Waals surface area contributed by atoms with Gasteiger partial charge in [0, 0.05) is 18.5 Å². The first kappa shape index (κ1) is 16.6. The number of ketones is 1. The highest BCUT2D eigenvalue weighted by Gasteiger charge is 2.34. The van der Waals surface area contributed by atoms with Gasteiger partial charge in [-0.3, -0.25) is 24.1 Å². The maximum atomic E-state index is 12.3. The van der Waals surface area contributed by atoms with Gasteiger partial charge < -0.3 is 5.32 Å². The molecule has 1 aliphatic heterocycles. The summed E-state index contributed by atoms with van der Waals surface area (Å²) < 4.78 is 0. The predicted octanol–water partition coefficient (Wildman–Crippen LogP) is 2.51. The fourth-order valence-corrected chi connectivity index (χ4v) is 2.77. The number of benzene rings is 2. The van der Waals surface area contributed by atoms with Gasteiger partial charge in [0.15, 0.2) is 5.78 Å². The zero-order chi connectivity index (χ0) is 18.0. The van der Waals surface area contributed by atoms with E-state index < -0.39 is 11.8 Å². The second-order valence-electron chi connectivity index (χ2n) is 5.71. The molecule has 0 aromatic heterocycles. The molecule has 126 valence electrons. The summed E-state index contributed by atoms with van der Waals surface area (Å²) in [4.78, 5) is 49.3. The second-order valence-corrected chi connectivity index (χ2v) is 5.71. The van der Waals surface area contributed by atoms with Gasteiger partial charge in [0.25, 0.3) is 11.8 Å². The highest BCUT2D eigenvalue weighted by atomic mass is 16.2. The first-order valence-electron chi connectivity index (χ1n) is 7.84. The van der Waals surface area contributed by atoms with Crippen molar-refractivity contribution in [3.8, 4) is 0 Å². The van der Waals surface area contributed by atoms with Crippen molar-refractivity contribution in [1.82, 2.24) is 4.90 Å². The monoisotopic (exact) mass is 336 g/mol. The van der Waals surface area contributed by atoms with Gasteiger partial charge in [-0.05, 0) is 31.2 Å². The number of rotatable bonds is 5. The molecule has 2 aromatic carbocycles. The molecule has 0 saturated carbocycles. The number of nitrogens with zero attached hydrogens (tertiary/aromatic N) is 1. The van der Waals surface area contributed by atoms with Gasteiger partial charge in [-0.1, -0.05) is 24.3 Å². The Kier molecular flexibility index (Phi) is 4.43. The summed E-state index contributed by atoms with van der Waals surface area (Å²) in [6.45, 7) is 1.41. The van der Waals surface area contributed by atoms with E-state index in [1.165, 1.54) is 6.92 Å². The molecule has 2 aromatic rings.